The van der Waals surface area contributed by atoms with Crippen molar-refractivity contribution in [3.8, 4) is 0 Å². The molecular weight excluding hydrogens is 510 g/mol. The van der Waals surface area contributed by atoms with Crippen LogP contribution >= 0.6 is 0 Å². The Morgan fingerprint density at radius 1 is 0.812 bits per heavy atom. The number of rotatable bonds is 8. The molecule has 0 nitrogen and oxygen atoms in total. The number of benzene rings is 2. The van der Waals surface area contributed by atoms with Crippen molar-refractivity contribution < 1.29 is 51.0 Å². The van der Waals surface area contributed by atoms with Crippen molar-refractivity contribution in [3.63, 3.8) is 0 Å². The molecule has 0 unspecified atom stereocenters. The molecular formula is C29H34Cl2Zr. The van der Waals surface area contributed by atoms with E-state index in [1.54, 1.807) is 5.56 Å². The Morgan fingerprint density at radius 3 is 2.09 bits per heavy atom. The third-order valence-corrected chi connectivity index (χ3v) is 6.72. The number of hydrogen-bond donors (Lipinski definition) is 0. The van der Waals surface area contributed by atoms with E-state index in [1.165, 1.54) is 76.8 Å². The quantitative estimate of drug-likeness (QED) is 0.299. The summed E-state index contributed by atoms with van der Waals surface area (Å²) in [4.78, 5) is 0. The third kappa shape index (κ3) is 5.43. The van der Waals surface area contributed by atoms with E-state index in [1.807, 2.05) is 0 Å². The molecule has 168 valence electrons. The summed E-state index contributed by atoms with van der Waals surface area (Å²) < 4.78 is 0. The van der Waals surface area contributed by atoms with Crippen LogP contribution in [0.25, 0.3) is 21.5 Å². The van der Waals surface area contributed by atoms with E-state index in [0.717, 1.165) is 0 Å². The van der Waals surface area contributed by atoms with Crippen molar-refractivity contribution in [1.29, 1.82) is 0 Å². The standard InChI is InChI=1S/C29H34.2ClH.Zr/c1-5-7-13-21-19-28(26-18-12-11-17-23(21)26)29(3,4)27-20-22-14-9-10-16-24(22)25(27)15-8-6-2;;;/h9-12,14,16-20H,5-8,13,15H2,1-4H3;2*1H;/q-2;;;+4/p-2. The van der Waals surface area contributed by atoms with E-state index in [0.29, 0.717) is 0 Å². The van der Waals surface area contributed by atoms with Crippen molar-refractivity contribution in [2.45, 2.75) is 71.6 Å². The van der Waals surface area contributed by atoms with Crippen molar-refractivity contribution >= 4 is 21.5 Å². The molecule has 0 spiro atoms. The van der Waals surface area contributed by atoms with Gasteiger partial charge in [0.05, 0.1) is 0 Å². The molecule has 4 aromatic carbocycles. The Bertz CT molecular complexity index is 1120. The molecule has 0 radical (unpaired) electrons. The second kappa shape index (κ2) is 12.5. The molecule has 0 saturated heterocycles. The summed E-state index contributed by atoms with van der Waals surface area (Å²) in [6, 6.07) is 23.0. The molecule has 0 fully saturated rings. The van der Waals surface area contributed by atoms with E-state index in [-0.39, 0.29) is 56.4 Å². The molecule has 0 bridgehead atoms. The molecule has 0 heterocycles. The van der Waals surface area contributed by atoms with Gasteiger partial charge in [-0.1, -0.05) is 78.4 Å². The van der Waals surface area contributed by atoms with Gasteiger partial charge < -0.3 is 24.8 Å². The van der Waals surface area contributed by atoms with E-state index in [2.05, 4.69) is 88.4 Å². The van der Waals surface area contributed by atoms with Crippen LogP contribution in [0.5, 0.6) is 0 Å². The first-order chi connectivity index (χ1) is 14.1. The first kappa shape index (κ1) is 29.2. The predicted molar refractivity (Wildman–Crippen MR) is 128 cm³/mol. The number of unbranched alkanes of at least 4 members (excludes halogenated alkanes) is 2. The molecule has 0 aromatic heterocycles. The number of aryl methyl sites for hydroxylation is 2. The molecule has 0 aliphatic rings. The Balaban J connectivity index is 0.00000171. The fraction of sp³-hybridized carbons (Fsp3) is 0.379. The Hall–Kier alpha value is -0.877. The number of halogens is 2. The van der Waals surface area contributed by atoms with Crippen molar-refractivity contribution in [3.05, 3.63) is 82.9 Å². The molecule has 0 aliphatic carbocycles. The molecule has 0 N–H and O–H groups in total. The van der Waals surface area contributed by atoms with Crippen molar-refractivity contribution in [2.24, 2.45) is 0 Å². The summed E-state index contributed by atoms with van der Waals surface area (Å²) in [5.41, 5.74) is 6.09. The maximum Gasteiger partial charge on any atom is 4.00 e. The summed E-state index contributed by atoms with van der Waals surface area (Å²) in [7, 11) is 0. The Morgan fingerprint density at radius 2 is 1.41 bits per heavy atom. The van der Waals surface area contributed by atoms with Gasteiger partial charge in [0.1, 0.15) is 0 Å². The molecule has 4 rings (SSSR count). The van der Waals surface area contributed by atoms with Crippen molar-refractivity contribution in [1.82, 2.24) is 0 Å². The maximum absolute atomic E-state index is 2.52. The van der Waals surface area contributed by atoms with E-state index in [9.17, 15) is 0 Å². The smallest absolute Gasteiger partial charge is 1.00 e. The minimum atomic E-state index is -0.00778. The summed E-state index contributed by atoms with van der Waals surface area (Å²) in [6.45, 7) is 9.44. The van der Waals surface area contributed by atoms with Crippen LogP contribution < -0.4 is 24.8 Å². The van der Waals surface area contributed by atoms with Gasteiger partial charge in [-0.05, 0) is 5.41 Å². The van der Waals surface area contributed by atoms with Crippen LogP contribution in [0.3, 0.4) is 0 Å². The van der Waals surface area contributed by atoms with Crippen LogP contribution in [-0.2, 0) is 44.5 Å². The molecule has 32 heavy (non-hydrogen) atoms. The van der Waals surface area contributed by atoms with Gasteiger partial charge in [-0.3, -0.25) is 0 Å². The van der Waals surface area contributed by atoms with Gasteiger partial charge in [0.15, 0.2) is 0 Å². The van der Waals surface area contributed by atoms with Gasteiger partial charge >= 0.3 is 26.2 Å². The van der Waals surface area contributed by atoms with Gasteiger partial charge in [0.25, 0.3) is 0 Å². The largest absolute Gasteiger partial charge is 4.00 e. The zero-order valence-electron chi connectivity index (χ0n) is 19.8. The van der Waals surface area contributed by atoms with E-state index < -0.39 is 0 Å². The minimum absolute atomic E-state index is 0. The van der Waals surface area contributed by atoms with E-state index in [4.69, 9.17) is 0 Å². The van der Waals surface area contributed by atoms with Crippen LogP contribution in [0.2, 0.25) is 0 Å². The molecule has 3 heteroatoms. The monoisotopic (exact) mass is 542 g/mol. The van der Waals surface area contributed by atoms with Crippen LogP contribution in [0, 0.1) is 0 Å². The van der Waals surface area contributed by atoms with Crippen LogP contribution in [0.4, 0.5) is 0 Å². The van der Waals surface area contributed by atoms with Gasteiger partial charge in [0, 0.05) is 0 Å². The average Bonchev–Trinajstić information content (AvgIpc) is 3.30. The predicted octanol–water partition coefficient (Wildman–Crippen LogP) is 2.45. The minimum Gasteiger partial charge on any atom is -1.00 e. The first-order valence-electron chi connectivity index (χ1n) is 11.4. The van der Waals surface area contributed by atoms with Gasteiger partial charge in [-0.15, -0.1) is 81.2 Å². The van der Waals surface area contributed by atoms with Gasteiger partial charge in [0.2, 0.25) is 0 Å². The SMILES string of the molecule is CCCCc1c(C(C)(C)[c-]2cc(CCCC)c3ccccc32)[cH-]c2ccccc12.[Cl-].[Cl-].[Zr+4]. The summed E-state index contributed by atoms with van der Waals surface area (Å²) in [5, 5.41) is 5.74. The Kier molecular flexibility index (Phi) is 11.4. The topological polar surface area (TPSA) is 0 Å². The fourth-order valence-corrected chi connectivity index (χ4v) is 5.03. The zero-order chi connectivity index (χ0) is 20.4. The Labute approximate surface area is 225 Å². The molecule has 0 atom stereocenters. The fourth-order valence-electron chi connectivity index (χ4n) is 5.03. The van der Waals surface area contributed by atoms with Crippen LogP contribution in [0.15, 0.2) is 60.7 Å². The van der Waals surface area contributed by atoms with Gasteiger partial charge in [-0.25, -0.2) is 0 Å². The molecule has 4 aromatic rings. The normalized spacial score (nSPS) is 11.1. The first-order valence-corrected chi connectivity index (χ1v) is 11.4. The van der Waals surface area contributed by atoms with Crippen molar-refractivity contribution in [2.75, 3.05) is 0 Å². The average molecular weight is 545 g/mol. The maximum atomic E-state index is 2.52. The van der Waals surface area contributed by atoms with Crippen LogP contribution in [0.1, 0.15) is 75.6 Å². The second-order valence-corrected chi connectivity index (χ2v) is 9.08. The summed E-state index contributed by atoms with van der Waals surface area (Å²) in [6.07, 6.45) is 7.34. The van der Waals surface area contributed by atoms with E-state index >= 15 is 0 Å². The zero-order valence-corrected chi connectivity index (χ0v) is 23.7. The summed E-state index contributed by atoms with van der Waals surface area (Å²) >= 11 is 0. The van der Waals surface area contributed by atoms with Gasteiger partial charge in [-0.2, -0.15) is 11.1 Å². The number of fused-ring (bicyclic) bond motifs is 2. The van der Waals surface area contributed by atoms with Crippen LogP contribution in [-0.4, -0.2) is 0 Å². The number of hydrogen-bond acceptors (Lipinski definition) is 0. The third-order valence-electron chi connectivity index (χ3n) is 6.72. The molecule has 0 amide bonds. The molecule has 0 saturated carbocycles. The molecule has 0 aliphatic heterocycles. The second-order valence-electron chi connectivity index (χ2n) is 9.08. The summed E-state index contributed by atoms with van der Waals surface area (Å²) in [5.74, 6) is 0.